The number of benzene rings is 1. The molecule has 3 amide bonds. The van der Waals surface area contributed by atoms with E-state index in [1.54, 1.807) is 35.4 Å². The summed E-state index contributed by atoms with van der Waals surface area (Å²) in [6, 6.07) is 5.73. The maximum atomic E-state index is 13.3. The number of aromatic nitrogens is 2. The fraction of sp³-hybridized carbons (Fsp3) is 0.400. The molecule has 1 fully saturated rings. The number of piperazine rings is 1. The van der Waals surface area contributed by atoms with E-state index in [0.717, 1.165) is 0 Å². The van der Waals surface area contributed by atoms with E-state index in [1.165, 1.54) is 35.0 Å². The number of imidazole rings is 1. The third-order valence-corrected chi connectivity index (χ3v) is 5.34. The zero-order valence-corrected chi connectivity index (χ0v) is 17.9. The van der Waals surface area contributed by atoms with Gasteiger partial charge >= 0.3 is 11.8 Å². The van der Waals surface area contributed by atoms with Crippen LogP contribution in [-0.2, 0) is 9.59 Å². The summed E-state index contributed by atoms with van der Waals surface area (Å²) in [6.07, 6.45) is 3.36. The zero-order chi connectivity index (χ0) is 21.8. The Morgan fingerprint density at radius 2 is 1.67 bits per heavy atom. The third-order valence-electron chi connectivity index (χ3n) is 4.68. The molecule has 0 unspecified atom stereocenters. The highest BCUT2D eigenvalue weighted by molar-refractivity contribution is 7.98. The predicted octanol–water partition coefficient (Wildman–Crippen LogP) is 1.54. The molecular weight excluding hydrogens is 409 g/mol. The second kappa shape index (κ2) is 9.29. The smallest absolute Gasteiger partial charge is 0.312 e. The van der Waals surface area contributed by atoms with Crippen LogP contribution in [0.15, 0.2) is 35.6 Å². The molecule has 10 heteroatoms. The molecule has 8 nitrogen and oxygen atoms in total. The van der Waals surface area contributed by atoms with Crippen LogP contribution in [0.5, 0.6) is 0 Å². The summed E-state index contributed by atoms with van der Waals surface area (Å²) in [5.74, 6) is -1.81. The van der Waals surface area contributed by atoms with Gasteiger partial charge in [0.05, 0.1) is 6.20 Å². The largest absolute Gasteiger partial charge is 0.346 e. The minimum Gasteiger partial charge on any atom is -0.346 e. The van der Waals surface area contributed by atoms with E-state index < -0.39 is 11.8 Å². The number of halogens is 1. The molecule has 160 valence electrons. The second-order valence-electron chi connectivity index (χ2n) is 7.15. The molecule has 1 N–H and O–H groups in total. The van der Waals surface area contributed by atoms with Crippen molar-refractivity contribution in [3.8, 4) is 5.69 Å². The number of nitrogens with one attached hydrogen (secondary N) is 1. The molecule has 2 aromatic rings. The Labute approximate surface area is 178 Å². The molecule has 1 aromatic heterocycles. The summed E-state index contributed by atoms with van der Waals surface area (Å²) >= 11 is 1.38. The Balaban J connectivity index is 1.73. The van der Waals surface area contributed by atoms with Gasteiger partial charge in [-0.05, 0) is 44.4 Å². The lowest BCUT2D eigenvalue weighted by Crippen LogP contribution is -2.54. The fourth-order valence-corrected chi connectivity index (χ4v) is 3.76. The van der Waals surface area contributed by atoms with Gasteiger partial charge in [-0.1, -0.05) is 11.8 Å². The van der Waals surface area contributed by atoms with Crippen LogP contribution in [-0.4, -0.2) is 75.5 Å². The van der Waals surface area contributed by atoms with Crippen molar-refractivity contribution in [2.24, 2.45) is 0 Å². The van der Waals surface area contributed by atoms with Gasteiger partial charge in [-0.15, -0.1) is 0 Å². The standard InChI is InChI=1S/C20H24FN5O3S/c1-13(2)23-17(27)19(29)25-10-8-24(9-11-25)18(28)16-12-22-20(30-3)26(16)15-6-4-14(21)5-7-15/h4-7,12-13H,8-11H2,1-3H3,(H,23,27). The number of thioether (sulfide) groups is 1. The molecule has 1 aliphatic heterocycles. The van der Waals surface area contributed by atoms with E-state index in [-0.39, 0.29) is 30.9 Å². The summed E-state index contributed by atoms with van der Waals surface area (Å²) < 4.78 is 15.0. The first-order chi connectivity index (χ1) is 14.3. The van der Waals surface area contributed by atoms with E-state index >= 15 is 0 Å². The third kappa shape index (κ3) is 4.64. The Morgan fingerprint density at radius 3 is 2.23 bits per heavy atom. The lowest BCUT2D eigenvalue weighted by molar-refractivity contribution is -0.147. The Kier molecular flexibility index (Phi) is 6.76. The van der Waals surface area contributed by atoms with Crippen molar-refractivity contribution in [3.63, 3.8) is 0 Å². The SMILES string of the molecule is CSc1ncc(C(=O)N2CCN(C(=O)C(=O)NC(C)C)CC2)n1-c1ccc(F)cc1. The zero-order valence-electron chi connectivity index (χ0n) is 17.1. The molecule has 3 rings (SSSR count). The molecule has 1 aromatic carbocycles. The van der Waals surface area contributed by atoms with Gasteiger partial charge in [0.25, 0.3) is 5.91 Å². The van der Waals surface area contributed by atoms with E-state index in [4.69, 9.17) is 0 Å². The molecule has 0 saturated carbocycles. The monoisotopic (exact) mass is 433 g/mol. The highest BCUT2D eigenvalue weighted by atomic mass is 32.2. The number of carbonyl (C=O) groups is 3. The number of rotatable bonds is 4. The molecule has 0 aliphatic carbocycles. The molecular formula is C20H24FN5O3S. The van der Waals surface area contributed by atoms with Gasteiger partial charge in [0, 0.05) is 37.9 Å². The lowest BCUT2D eigenvalue weighted by atomic mass is 10.2. The predicted molar refractivity (Wildman–Crippen MR) is 111 cm³/mol. The van der Waals surface area contributed by atoms with Crippen molar-refractivity contribution in [1.29, 1.82) is 0 Å². The number of hydrogen-bond donors (Lipinski definition) is 1. The summed E-state index contributed by atoms with van der Waals surface area (Å²) in [5.41, 5.74) is 1.00. The molecule has 1 aliphatic rings. The molecule has 0 bridgehead atoms. The summed E-state index contributed by atoms with van der Waals surface area (Å²) in [7, 11) is 0. The second-order valence-corrected chi connectivity index (χ2v) is 7.93. The summed E-state index contributed by atoms with van der Waals surface area (Å²) in [4.78, 5) is 44.7. The van der Waals surface area contributed by atoms with Gasteiger partial charge in [0.2, 0.25) is 0 Å². The van der Waals surface area contributed by atoms with Crippen LogP contribution in [0.2, 0.25) is 0 Å². The van der Waals surface area contributed by atoms with Crippen molar-refractivity contribution in [3.05, 3.63) is 42.0 Å². The number of carbonyl (C=O) groups excluding carboxylic acids is 3. The Morgan fingerprint density at radius 1 is 1.07 bits per heavy atom. The van der Waals surface area contributed by atoms with Gasteiger partial charge in [-0.25, -0.2) is 9.37 Å². The maximum absolute atomic E-state index is 13.3. The molecule has 2 heterocycles. The molecule has 30 heavy (non-hydrogen) atoms. The van der Waals surface area contributed by atoms with Crippen molar-refractivity contribution in [2.45, 2.75) is 25.0 Å². The lowest BCUT2D eigenvalue weighted by Gasteiger charge is -2.34. The number of nitrogens with zero attached hydrogens (tertiary/aromatic N) is 4. The van der Waals surface area contributed by atoms with E-state index in [0.29, 0.717) is 29.6 Å². The van der Waals surface area contributed by atoms with Crippen LogP contribution in [0, 0.1) is 5.82 Å². The molecule has 0 radical (unpaired) electrons. The van der Waals surface area contributed by atoms with E-state index in [2.05, 4.69) is 10.3 Å². The Hall–Kier alpha value is -2.88. The first-order valence-electron chi connectivity index (χ1n) is 9.58. The van der Waals surface area contributed by atoms with E-state index in [9.17, 15) is 18.8 Å². The van der Waals surface area contributed by atoms with Crippen molar-refractivity contribution >= 4 is 29.5 Å². The summed E-state index contributed by atoms with van der Waals surface area (Å²) in [5, 5.41) is 3.20. The highest BCUT2D eigenvalue weighted by Gasteiger charge is 2.30. The van der Waals surface area contributed by atoms with Crippen molar-refractivity contribution in [2.75, 3.05) is 32.4 Å². The van der Waals surface area contributed by atoms with Gasteiger partial charge < -0.3 is 15.1 Å². The molecule has 0 spiro atoms. The van der Waals surface area contributed by atoms with Gasteiger partial charge in [0.1, 0.15) is 11.5 Å². The van der Waals surface area contributed by atoms with Crippen LogP contribution < -0.4 is 5.32 Å². The summed E-state index contributed by atoms with van der Waals surface area (Å²) in [6.45, 7) is 4.74. The van der Waals surface area contributed by atoms with Crippen LogP contribution in [0.4, 0.5) is 4.39 Å². The fourth-order valence-electron chi connectivity index (χ4n) is 3.21. The highest BCUT2D eigenvalue weighted by Crippen LogP contribution is 2.23. The minimum atomic E-state index is -0.635. The number of amides is 3. The maximum Gasteiger partial charge on any atom is 0.312 e. The van der Waals surface area contributed by atoms with Crippen LogP contribution in [0.3, 0.4) is 0 Å². The van der Waals surface area contributed by atoms with Gasteiger partial charge in [-0.2, -0.15) is 0 Å². The van der Waals surface area contributed by atoms with Crippen LogP contribution in [0.1, 0.15) is 24.3 Å². The van der Waals surface area contributed by atoms with Crippen LogP contribution in [0.25, 0.3) is 5.69 Å². The number of hydrogen-bond acceptors (Lipinski definition) is 5. The first kappa shape index (κ1) is 21.8. The topological polar surface area (TPSA) is 87.5 Å². The van der Waals surface area contributed by atoms with E-state index in [1.807, 2.05) is 6.26 Å². The average Bonchev–Trinajstić information content (AvgIpc) is 3.17. The average molecular weight is 434 g/mol. The van der Waals surface area contributed by atoms with Crippen molar-refractivity contribution in [1.82, 2.24) is 24.7 Å². The molecule has 1 saturated heterocycles. The normalized spacial score (nSPS) is 14.2. The molecule has 0 atom stereocenters. The van der Waals surface area contributed by atoms with Crippen LogP contribution >= 0.6 is 11.8 Å². The first-order valence-corrected chi connectivity index (χ1v) is 10.8. The van der Waals surface area contributed by atoms with Gasteiger partial charge in [0.15, 0.2) is 5.16 Å². The Bertz CT molecular complexity index is 936. The van der Waals surface area contributed by atoms with Gasteiger partial charge in [-0.3, -0.25) is 19.0 Å². The van der Waals surface area contributed by atoms with Crippen molar-refractivity contribution < 1.29 is 18.8 Å². The minimum absolute atomic E-state index is 0.123. The quantitative estimate of drug-likeness (QED) is 0.584.